The van der Waals surface area contributed by atoms with Gasteiger partial charge in [-0.25, -0.2) is 0 Å². The SMILES string of the molecule is C[C@H]1[C@H](c2ccccc2)OC(=O)[C@@H]2[C@H](/C=C\CCC(=O)N1C)O[C@@]13C=CCN(CCN4CCOCC4)C(=O)[C@@H]1N(CCCCO)C(=O)[C@@H]23. The van der Waals surface area contributed by atoms with Crippen LogP contribution in [0.15, 0.2) is 54.6 Å². The predicted octanol–water partition coefficient (Wildman–Crippen LogP) is 1.55. The van der Waals surface area contributed by atoms with E-state index in [0.717, 1.165) is 18.7 Å². The molecular formula is C36H48N4O8. The van der Waals surface area contributed by atoms with E-state index in [-0.39, 0.29) is 37.3 Å². The van der Waals surface area contributed by atoms with E-state index in [2.05, 4.69) is 4.90 Å². The van der Waals surface area contributed by atoms with Gasteiger partial charge in [-0.1, -0.05) is 54.6 Å². The van der Waals surface area contributed by atoms with Crippen molar-refractivity contribution in [1.29, 1.82) is 0 Å². The van der Waals surface area contributed by atoms with Crippen molar-refractivity contribution in [3.8, 4) is 0 Å². The van der Waals surface area contributed by atoms with E-state index in [0.29, 0.717) is 52.1 Å². The van der Waals surface area contributed by atoms with E-state index in [9.17, 15) is 24.3 Å². The van der Waals surface area contributed by atoms with E-state index in [1.165, 1.54) is 0 Å². The molecule has 3 fully saturated rings. The van der Waals surface area contributed by atoms with E-state index >= 15 is 0 Å². The van der Waals surface area contributed by atoms with Crippen LogP contribution < -0.4 is 0 Å². The number of amides is 3. The Morgan fingerprint density at radius 1 is 0.958 bits per heavy atom. The number of morpholine rings is 1. The van der Waals surface area contributed by atoms with Crippen LogP contribution in [-0.4, -0.2) is 138 Å². The number of aliphatic hydroxyl groups excluding tert-OH is 1. The average Bonchev–Trinajstić information content (AvgIpc) is 3.49. The number of aliphatic hydroxyl groups is 1. The van der Waals surface area contributed by atoms with Crippen molar-refractivity contribution < 1.29 is 38.5 Å². The molecule has 12 nitrogen and oxygen atoms in total. The number of carbonyl (C=O) groups excluding carboxylic acids is 4. The molecule has 0 bridgehead atoms. The summed E-state index contributed by atoms with van der Waals surface area (Å²) < 4.78 is 18.6. The van der Waals surface area contributed by atoms with Crippen molar-refractivity contribution in [2.24, 2.45) is 11.8 Å². The van der Waals surface area contributed by atoms with Gasteiger partial charge < -0.3 is 34.0 Å². The van der Waals surface area contributed by atoms with Crippen LogP contribution in [0.3, 0.4) is 0 Å². The minimum atomic E-state index is -1.39. The van der Waals surface area contributed by atoms with E-state index in [1.54, 1.807) is 27.8 Å². The van der Waals surface area contributed by atoms with Gasteiger partial charge in [-0.15, -0.1) is 0 Å². The number of benzene rings is 1. The summed E-state index contributed by atoms with van der Waals surface area (Å²) in [7, 11) is 1.71. The molecule has 3 amide bonds. The minimum Gasteiger partial charge on any atom is -0.455 e. The Morgan fingerprint density at radius 2 is 1.73 bits per heavy atom. The van der Waals surface area contributed by atoms with Crippen molar-refractivity contribution in [3.63, 3.8) is 0 Å². The zero-order chi connectivity index (χ0) is 33.8. The van der Waals surface area contributed by atoms with Gasteiger partial charge in [0.05, 0.1) is 31.3 Å². The number of likely N-dealkylation sites (N-methyl/N-ethyl adjacent to an activating group) is 1. The van der Waals surface area contributed by atoms with Crippen LogP contribution in [0.25, 0.3) is 0 Å². The number of allylic oxidation sites excluding steroid dienone is 1. The summed E-state index contributed by atoms with van der Waals surface area (Å²) in [4.78, 5) is 63.9. The fourth-order valence-electron chi connectivity index (χ4n) is 7.86. The second-order valence-corrected chi connectivity index (χ2v) is 13.4. The molecule has 7 atom stereocenters. The van der Waals surface area contributed by atoms with Gasteiger partial charge in [0.1, 0.15) is 23.7 Å². The summed E-state index contributed by atoms with van der Waals surface area (Å²) in [6.07, 6.45) is 7.33. The summed E-state index contributed by atoms with van der Waals surface area (Å²) >= 11 is 0. The molecule has 1 aromatic rings. The van der Waals surface area contributed by atoms with Crippen LogP contribution in [0.4, 0.5) is 0 Å². The van der Waals surface area contributed by atoms with Gasteiger partial charge in [-0.2, -0.15) is 0 Å². The number of ether oxygens (including phenoxy) is 3. The van der Waals surface area contributed by atoms with Crippen molar-refractivity contribution in [2.45, 2.75) is 62.5 Å². The molecule has 0 aliphatic carbocycles. The highest BCUT2D eigenvalue weighted by atomic mass is 16.6. The predicted molar refractivity (Wildman–Crippen MR) is 175 cm³/mol. The summed E-state index contributed by atoms with van der Waals surface area (Å²) in [5.41, 5.74) is -0.655. The molecule has 12 heteroatoms. The first-order chi connectivity index (χ1) is 23.3. The fourth-order valence-corrected chi connectivity index (χ4v) is 7.86. The second-order valence-electron chi connectivity index (χ2n) is 13.4. The smallest absolute Gasteiger partial charge is 0.313 e. The maximum atomic E-state index is 14.6. The maximum Gasteiger partial charge on any atom is 0.313 e. The Hall–Kier alpha value is -3.58. The van der Waals surface area contributed by atoms with Crippen LogP contribution in [-0.2, 0) is 33.4 Å². The Balaban J connectivity index is 1.36. The van der Waals surface area contributed by atoms with Crippen LogP contribution in [0.2, 0.25) is 0 Å². The van der Waals surface area contributed by atoms with Gasteiger partial charge in [0.25, 0.3) is 0 Å². The van der Waals surface area contributed by atoms with Gasteiger partial charge in [0, 0.05) is 59.3 Å². The minimum absolute atomic E-state index is 0.0326. The van der Waals surface area contributed by atoms with Crippen molar-refractivity contribution >= 4 is 23.7 Å². The number of fused-ring (bicyclic) bond motifs is 2. The molecule has 1 aromatic carbocycles. The number of carbonyl (C=O) groups is 4. The first kappa shape index (κ1) is 34.3. The Bertz CT molecular complexity index is 1400. The number of nitrogens with zero attached hydrogens (tertiary/aromatic N) is 4. The number of esters is 1. The number of unbranched alkanes of at least 4 members (excludes halogenated alkanes) is 1. The summed E-state index contributed by atoms with van der Waals surface area (Å²) in [6, 6.07) is 7.85. The van der Waals surface area contributed by atoms with Crippen LogP contribution in [0.5, 0.6) is 0 Å². The molecule has 260 valence electrons. The lowest BCUT2D eigenvalue weighted by Crippen LogP contribution is -2.56. The molecule has 0 radical (unpaired) electrons. The molecule has 48 heavy (non-hydrogen) atoms. The highest BCUT2D eigenvalue weighted by molar-refractivity contribution is 5.99. The molecule has 5 heterocycles. The van der Waals surface area contributed by atoms with Gasteiger partial charge in [0.2, 0.25) is 17.7 Å². The quantitative estimate of drug-likeness (QED) is 0.250. The fraction of sp³-hybridized carbons (Fsp3) is 0.611. The van der Waals surface area contributed by atoms with Crippen molar-refractivity contribution in [1.82, 2.24) is 19.6 Å². The lowest BCUT2D eigenvalue weighted by Gasteiger charge is -2.36. The molecular weight excluding hydrogens is 616 g/mol. The monoisotopic (exact) mass is 664 g/mol. The third kappa shape index (κ3) is 6.55. The van der Waals surface area contributed by atoms with Gasteiger partial charge in [-0.05, 0) is 31.7 Å². The maximum absolute atomic E-state index is 14.6. The van der Waals surface area contributed by atoms with Crippen LogP contribution in [0.1, 0.15) is 44.3 Å². The first-order valence-corrected chi connectivity index (χ1v) is 17.3. The van der Waals surface area contributed by atoms with Gasteiger partial charge in [0.15, 0.2) is 0 Å². The highest BCUT2D eigenvalue weighted by Crippen LogP contribution is 2.53. The third-order valence-corrected chi connectivity index (χ3v) is 10.6. The lowest BCUT2D eigenvalue weighted by atomic mass is 9.77. The first-order valence-electron chi connectivity index (χ1n) is 17.3. The molecule has 0 aromatic heterocycles. The van der Waals surface area contributed by atoms with E-state index in [1.807, 2.05) is 55.5 Å². The second kappa shape index (κ2) is 14.9. The summed E-state index contributed by atoms with van der Waals surface area (Å²) in [5.74, 6) is -3.24. The summed E-state index contributed by atoms with van der Waals surface area (Å²) in [5, 5.41) is 9.52. The molecule has 5 aliphatic heterocycles. The Kier molecular flexibility index (Phi) is 10.6. The largest absolute Gasteiger partial charge is 0.455 e. The number of hydrogen-bond donors (Lipinski definition) is 1. The Morgan fingerprint density at radius 3 is 2.48 bits per heavy atom. The summed E-state index contributed by atoms with van der Waals surface area (Å²) in [6.45, 7) is 6.49. The normalized spacial score (nSPS) is 33.8. The molecule has 1 spiro atoms. The number of hydrogen-bond acceptors (Lipinski definition) is 9. The van der Waals surface area contributed by atoms with Crippen LogP contribution in [0, 0.1) is 11.8 Å². The van der Waals surface area contributed by atoms with E-state index < -0.39 is 47.7 Å². The Labute approximate surface area is 282 Å². The molecule has 6 rings (SSSR count). The molecule has 1 N–H and O–H groups in total. The average molecular weight is 665 g/mol. The number of rotatable bonds is 8. The topological polar surface area (TPSA) is 129 Å². The zero-order valence-electron chi connectivity index (χ0n) is 27.9. The van der Waals surface area contributed by atoms with E-state index in [4.69, 9.17) is 14.2 Å². The third-order valence-electron chi connectivity index (χ3n) is 10.6. The zero-order valence-corrected chi connectivity index (χ0v) is 27.9. The van der Waals surface area contributed by atoms with Crippen molar-refractivity contribution in [2.75, 3.05) is 66.1 Å². The highest BCUT2D eigenvalue weighted by Gasteiger charge is 2.71. The molecule has 5 aliphatic rings. The van der Waals surface area contributed by atoms with Gasteiger partial charge in [-0.3, -0.25) is 24.1 Å². The molecule has 0 unspecified atom stereocenters. The number of cyclic esters (lactones) is 1. The van der Waals surface area contributed by atoms with Crippen LogP contribution >= 0.6 is 0 Å². The van der Waals surface area contributed by atoms with Crippen molar-refractivity contribution in [3.05, 3.63) is 60.2 Å². The standard InChI is InChI=1S/C36H48N4O8/c1-25-31(26-11-4-3-5-12-26)47-35(45)29-27(13-6-7-14-28(42)37(25)2)48-36-15-10-16-39(19-18-38-20-23-46-24-21-38)34(44)32(36)40(17-8-9-22-41)33(43)30(29)36/h3-6,10-13,15,25,27,29-32,41H,7-9,14,16-24H2,1-2H3/b13-6-/t25-,27-,29+,30+,31+,32-,36+/m0/s1. The number of likely N-dealkylation sites (tertiary alicyclic amines) is 1. The van der Waals surface area contributed by atoms with Gasteiger partial charge >= 0.3 is 5.97 Å². The molecule has 3 saturated heterocycles. The molecule has 0 saturated carbocycles. The lowest BCUT2D eigenvalue weighted by molar-refractivity contribution is -0.164.